The first-order valence-corrected chi connectivity index (χ1v) is 10.6. The number of ether oxygens (including phenoxy) is 5. The normalized spacial score (nSPS) is 51.2. The van der Waals surface area contributed by atoms with Crippen molar-refractivity contribution in [2.45, 2.75) is 92.1 Å². The number of carboxylic acid groups (broad SMARTS) is 1. The lowest BCUT2D eigenvalue weighted by atomic mass is 9.96. The van der Waals surface area contributed by atoms with Crippen molar-refractivity contribution < 1.29 is 84.7 Å². The Bertz CT molecular complexity index is 707. The Balaban J connectivity index is 1.86. The lowest BCUT2D eigenvalue weighted by Crippen LogP contribution is -2.67. The smallest absolute Gasteiger partial charge is 0.335 e. The van der Waals surface area contributed by atoms with Crippen molar-refractivity contribution in [3.63, 3.8) is 0 Å². The first kappa shape index (κ1) is 28.4. The van der Waals surface area contributed by atoms with E-state index in [0.29, 0.717) is 0 Å². The first-order chi connectivity index (χ1) is 16.4. The van der Waals surface area contributed by atoms with Gasteiger partial charge in [-0.25, -0.2) is 4.79 Å². The maximum absolute atomic E-state index is 11.5. The van der Waals surface area contributed by atoms with Gasteiger partial charge < -0.3 is 79.9 Å². The van der Waals surface area contributed by atoms with Crippen LogP contribution in [0.15, 0.2) is 0 Å². The molecule has 17 nitrogen and oxygen atoms in total. The summed E-state index contributed by atoms with van der Waals surface area (Å²) in [6.45, 7) is -1.64. The molecule has 0 radical (unpaired) electrons. The number of carbonyl (C=O) groups is 1. The van der Waals surface area contributed by atoms with Crippen LogP contribution in [0.2, 0.25) is 0 Å². The summed E-state index contributed by atoms with van der Waals surface area (Å²) in [6.07, 6.45) is -28.1. The Labute approximate surface area is 196 Å². The summed E-state index contributed by atoms with van der Waals surface area (Å²) in [5.41, 5.74) is 0. The van der Waals surface area contributed by atoms with E-state index in [9.17, 15) is 61.0 Å². The van der Waals surface area contributed by atoms with Gasteiger partial charge in [-0.2, -0.15) is 0 Å². The molecule has 3 rings (SSSR count). The number of hydrogen-bond acceptors (Lipinski definition) is 16. The fourth-order valence-corrected chi connectivity index (χ4v) is 4.01. The van der Waals surface area contributed by atoms with Gasteiger partial charge in [0.2, 0.25) is 0 Å². The van der Waals surface area contributed by atoms with E-state index in [0.717, 1.165) is 0 Å². The zero-order valence-electron chi connectivity index (χ0n) is 17.9. The Kier molecular flexibility index (Phi) is 9.35. The van der Waals surface area contributed by atoms with Gasteiger partial charge in [0.05, 0.1) is 13.2 Å². The molecule has 15 atom stereocenters. The monoisotopic (exact) mass is 518 g/mol. The van der Waals surface area contributed by atoms with Crippen molar-refractivity contribution in [3.05, 3.63) is 0 Å². The third kappa shape index (κ3) is 5.59. The summed E-state index contributed by atoms with van der Waals surface area (Å²) < 4.78 is 26.0. The number of rotatable bonds is 7. The molecule has 0 saturated carbocycles. The molecule has 204 valence electrons. The summed E-state index contributed by atoms with van der Waals surface area (Å²) in [7, 11) is 0. The second-order valence-corrected chi connectivity index (χ2v) is 8.37. The van der Waals surface area contributed by atoms with Crippen LogP contribution in [0.25, 0.3) is 0 Å². The predicted octanol–water partition coefficient (Wildman–Crippen LogP) is -7.48. The van der Waals surface area contributed by atoms with E-state index in [1.54, 1.807) is 0 Å². The molecule has 1 unspecified atom stereocenters. The minimum absolute atomic E-state index is 0.816. The lowest BCUT2D eigenvalue weighted by Gasteiger charge is -2.47. The largest absolute Gasteiger partial charge is 0.479 e. The number of aliphatic carboxylic acids is 1. The highest BCUT2D eigenvalue weighted by Crippen LogP contribution is 2.32. The lowest BCUT2D eigenvalue weighted by molar-refractivity contribution is -0.384. The highest BCUT2D eigenvalue weighted by molar-refractivity contribution is 5.73. The van der Waals surface area contributed by atoms with Gasteiger partial charge in [-0.1, -0.05) is 0 Å². The molecule has 0 amide bonds. The zero-order valence-corrected chi connectivity index (χ0v) is 17.9. The number of aliphatic hydroxyl groups excluding tert-OH is 10. The SMILES string of the molecule is O=C(O)[C@H]1OC(O)[C@H](O[C@@H]2O[C@H](CO)[C@H](O)[C@H](O)[C@H]2O)[C@@H](O[C@@H]2O[C@H](CO)[C@H](O)[C@H](O)[C@H]2O)[C@@H]1O. The average Bonchev–Trinajstić information content (AvgIpc) is 2.82. The Morgan fingerprint density at radius 1 is 0.600 bits per heavy atom. The predicted molar refractivity (Wildman–Crippen MR) is 102 cm³/mol. The second kappa shape index (κ2) is 11.5. The van der Waals surface area contributed by atoms with Crippen LogP contribution >= 0.6 is 0 Å². The van der Waals surface area contributed by atoms with Crippen LogP contribution in [-0.2, 0) is 28.5 Å². The van der Waals surface area contributed by atoms with Gasteiger partial charge in [-0.05, 0) is 0 Å². The van der Waals surface area contributed by atoms with E-state index >= 15 is 0 Å². The molecule has 0 aromatic rings. The average molecular weight is 518 g/mol. The molecule has 3 fully saturated rings. The summed E-state index contributed by atoms with van der Waals surface area (Å²) in [5, 5.41) is 109. The van der Waals surface area contributed by atoms with Gasteiger partial charge in [0.25, 0.3) is 0 Å². The van der Waals surface area contributed by atoms with Crippen molar-refractivity contribution in [3.8, 4) is 0 Å². The molecule has 0 aromatic carbocycles. The van der Waals surface area contributed by atoms with Gasteiger partial charge in [0.15, 0.2) is 25.0 Å². The van der Waals surface area contributed by atoms with Crippen LogP contribution in [0.1, 0.15) is 0 Å². The van der Waals surface area contributed by atoms with Crippen molar-refractivity contribution in [1.82, 2.24) is 0 Å². The maximum atomic E-state index is 11.5. The van der Waals surface area contributed by atoms with Crippen LogP contribution in [-0.4, -0.2) is 167 Å². The molecule has 17 heteroatoms. The fourth-order valence-electron chi connectivity index (χ4n) is 4.01. The molecule has 0 aromatic heterocycles. The third-order valence-corrected chi connectivity index (χ3v) is 6.06. The van der Waals surface area contributed by atoms with Crippen LogP contribution in [0, 0.1) is 0 Å². The summed E-state index contributed by atoms with van der Waals surface area (Å²) in [4.78, 5) is 11.5. The topological polar surface area (TPSA) is 286 Å². The number of aliphatic hydroxyl groups is 10. The van der Waals surface area contributed by atoms with Gasteiger partial charge in [-0.3, -0.25) is 0 Å². The van der Waals surface area contributed by atoms with E-state index in [2.05, 4.69) is 0 Å². The summed E-state index contributed by atoms with van der Waals surface area (Å²) >= 11 is 0. The van der Waals surface area contributed by atoms with E-state index in [4.69, 9.17) is 23.7 Å². The Morgan fingerprint density at radius 3 is 1.43 bits per heavy atom. The van der Waals surface area contributed by atoms with Gasteiger partial charge in [-0.15, -0.1) is 0 Å². The molecule has 0 aliphatic carbocycles. The van der Waals surface area contributed by atoms with Gasteiger partial charge in [0.1, 0.15) is 67.1 Å². The van der Waals surface area contributed by atoms with E-state index in [-0.39, 0.29) is 0 Å². The molecule has 3 saturated heterocycles. The maximum Gasteiger partial charge on any atom is 0.335 e. The van der Waals surface area contributed by atoms with Crippen molar-refractivity contribution >= 4 is 5.97 Å². The molecular weight excluding hydrogens is 488 g/mol. The van der Waals surface area contributed by atoms with Crippen LogP contribution in [0.3, 0.4) is 0 Å². The van der Waals surface area contributed by atoms with E-state index in [1.165, 1.54) is 0 Å². The second-order valence-electron chi connectivity index (χ2n) is 8.37. The zero-order chi connectivity index (χ0) is 26.2. The Hall–Kier alpha value is -1.13. The van der Waals surface area contributed by atoms with Crippen LogP contribution in [0.5, 0.6) is 0 Å². The standard InChI is InChI=1S/C18H30O17/c19-1-3-5(21)7(23)9(25)17(31-3)34-12-11(27)13(15(28)29)33-16(30)14(12)35-18-10(26)8(24)6(22)4(2-20)32-18/h3-14,16-27,30H,1-2H2,(H,28,29)/t3-,4-,5+,6+,7+,8+,9-,10-,11+,12+,13+,14-,16?,17+,18+/m1/s1. The van der Waals surface area contributed by atoms with E-state index < -0.39 is 111 Å². The first-order valence-electron chi connectivity index (χ1n) is 10.6. The van der Waals surface area contributed by atoms with Gasteiger partial charge in [0, 0.05) is 0 Å². The van der Waals surface area contributed by atoms with Crippen molar-refractivity contribution in [2.75, 3.05) is 13.2 Å². The molecular formula is C18H30O17. The molecule has 0 spiro atoms. The molecule has 3 heterocycles. The molecule has 3 aliphatic heterocycles. The highest BCUT2D eigenvalue weighted by Gasteiger charge is 2.55. The summed E-state index contributed by atoms with van der Waals surface area (Å²) in [5.74, 6) is -1.73. The van der Waals surface area contributed by atoms with Crippen molar-refractivity contribution in [2.24, 2.45) is 0 Å². The number of carboxylic acids is 1. The fraction of sp³-hybridized carbons (Fsp3) is 0.944. The van der Waals surface area contributed by atoms with E-state index in [1.807, 2.05) is 0 Å². The highest BCUT2D eigenvalue weighted by atomic mass is 16.8. The Morgan fingerprint density at radius 2 is 1.03 bits per heavy atom. The number of hydrogen-bond donors (Lipinski definition) is 11. The van der Waals surface area contributed by atoms with Crippen LogP contribution < -0.4 is 0 Å². The third-order valence-electron chi connectivity index (χ3n) is 6.06. The molecule has 3 aliphatic rings. The molecule has 0 bridgehead atoms. The quantitative estimate of drug-likeness (QED) is 0.149. The minimum atomic E-state index is -2.18. The molecule has 35 heavy (non-hydrogen) atoms. The minimum Gasteiger partial charge on any atom is -0.479 e. The summed E-state index contributed by atoms with van der Waals surface area (Å²) in [6, 6.07) is 0. The van der Waals surface area contributed by atoms with Crippen molar-refractivity contribution in [1.29, 1.82) is 0 Å². The van der Waals surface area contributed by atoms with Crippen LogP contribution in [0.4, 0.5) is 0 Å². The molecule has 11 N–H and O–H groups in total. The van der Waals surface area contributed by atoms with Gasteiger partial charge >= 0.3 is 5.97 Å².